The lowest BCUT2D eigenvalue weighted by atomic mass is 9.90. The SMILES string of the molecule is NC1=NC(N)(c2ccc(F)cc2)C(c2ccccc2)=NN1. The smallest absolute Gasteiger partial charge is 0.212 e. The molecule has 0 fully saturated rings. The van der Waals surface area contributed by atoms with Crippen molar-refractivity contribution in [2.75, 3.05) is 0 Å². The number of halogens is 1. The van der Waals surface area contributed by atoms with Gasteiger partial charge in [0.25, 0.3) is 0 Å². The molecule has 6 heteroatoms. The monoisotopic (exact) mass is 283 g/mol. The fraction of sp³-hybridized carbons (Fsp3) is 0.0667. The third kappa shape index (κ3) is 2.36. The van der Waals surface area contributed by atoms with Crippen molar-refractivity contribution >= 4 is 11.7 Å². The van der Waals surface area contributed by atoms with Crippen LogP contribution in [0.25, 0.3) is 0 Å². The van der Waals surface area contributed by atoms with Gasteiger partial charge in [-0.15, -0.1) is 0 Å². The molecule has 21 heavy (non-hydrogen) atoms. The van der Waals surface area contributed by atoms with Crippen molar-refractivity contribution in [1.82, 2.24) is 5.43 Å². The molecule has 0 bridgehead atoms. The van der Waals surface area contributed by atoms with Gasteiger partial charge >= 0.3 is 0 Å². The lowest BCUT2D eigenvalue weighted by Gasteiger charge is -2.30. The molecule has 5 nitrogen and oxygen atoms in total. The summed E-state index contributed by atoms with van der Waals surface area (Å²) in [5, 5.41) is 4.22. The van der Waals surface area contributed by atoms with Gasteiger partial charge < -0.3 is 5.73 Å². The van der Waals surface area contributed by atoms with Gasteiger partial charge in [-0.1, -0.05) is 42.5 Å². The summed E-state index contributed by atoms with van der Waals surface area (Å²) in [6, 6.07) is 15.2. The number of rotatable bonds is 2. The Balaban J connectivity index is 2.13. The molecule has 1 heterocycles. The van der Waals surface area contributed by atoms with E-state index in [1.165, 1.54) is 12.1 Å². The molecule has 0 radical (unpaired) electrons. The van der Waals surface area contributed by atoms with E-state index in [4.69, 9.17) is 11.5 Å². The van der Waals surface area contributed by atoms with Crippen LogP contribution in [0.2, 0.25) is 0 Å². The fourth-order valence-electron chi connectivity index (χ4n) is 2.25. The first kappa shape index (κ1) is 13.3. The van der Waals surface area contributed by atoms with Crippen LogP contribution >= 0.6 is 0 Å². The number of hydrogen-bond donors (Lipinski definition) is 3. The minimum Gasteiger partial charge on any atom is -0.368 e. The van der Waals surface area contributed by atoms with E-state index in [1.54, 1.807) is 12.1 Å². The lowest BCUT2D eigenvalue weighted by Crippen LogP contribution is -2.51. The van der Waals surface area contributed by atoms with Crippen LogP contribution in [-0.2, 0) is 5.66 Å². The van der Waals surface area contributed by atoms with Crippen molar-refractivity contribution in [3.63, 3.8) is 0 Å². The molecule has 1 unspecified atom stereocenters. The van der Waals surface area contributed by atoms with Gasteiger partial charge in [0.05, 0.1) is 0 Å². The average molecular weight is 283 g/mol. The molecule has 0 aliphatic carbocycles. The van der Waals surface area contributed by atoms with Gasteiger partial charge in [0.15, 0.2) is 5.66 Å². The zero-order chi connectivity index (χ0) is 14.9. The quantitative estimate of drug-likeness (QED) is 0.775. The predicted octanol–water partition coefficient (Wildman–Crippen LogP) is 1.26. The topological polar surface area (TPSA) is 88.8 Å². The number of benzene rings is 2. The van der Waals surface area contributed by atoms with E-state index in [-0.39, 0.29) is 11.8 Å². The lowest BCUT2D eigenvalue weighted by molar-refractivity contribution is 0.601. The van der Waals surface area contributed by atoms with E-state index in [9.17, 15) is 4.39 Å². The van der Waals surface area contributed by atoms with Gasteiger partial charge in [0, 0.05) is 11.1 Å². The summed E-state index contributed by atoms with van der Waals surface area (Å²) >= 11 is 0. The van der Waals surface area contributed by atoms with Crippen LogP contribution in [0.1, 0.15) is 11.1 Å². The molecule has 0 aromatic heterocycles. The van der Waals surface area contributed by atoms with E-state index in [2.05, 4.69) is 15.5 Å². The minimum atomic E-state index is -1.26. The summed E-state index contributed by atoms with van der Waals surface area (Å²) in [5.74, 6) is -0.229. The first-order valence-corrected chi connectivity index (χ1v) is 6.39. The largest absolute Gasteiger partial charge is 0.368 e. The molecule has 0 spiro atoms. The number of nitrogens with zero attached hydrogens (tertiary/aromatic N) is 2. The number of guanidine groups is 1. The van der Waals surface area contributed by atoms with E-state index >= 15 is 0 Å². The van der Waals surface area contributed by atoms with Crippen molar-refractivity contribution in [2.45, 2.75) is 5.66 Å². The highest BCUT2D eigenvalue weighted by Gasteiger charge is 2.37. The highest BCUT2D eigenvalue weighted by atomic mass is 19.1. The van der Waals surface area contributed by atoms with E-state index in [0.29, 0.717) is 11.3 Å². The third-order valence-electron chi connectivity index (χ3n) is 3.27. The number of nitrogens with one attached hydrogen (secondary N) is 1. The van der Waals surface area contributed by atoms with Gasteiger partial charge in [-0.3, -0.25) is 5.73 Å². The van der Waals surface area contributed by atoms with Crippen LogP contribution in [0.15, 0.2) is 64.7 Å². The van der Waals surface area contributed by atoms with Gasteiger partial charge in [-0.05, 0) is 12.1 Å². The summed E-state index contributed by atoms with van der Waals surface area (Å²) in [6.07, 6.45) is 0. The van der Waals surface area contributed by atoms with Gasteiger partial charge in [0.1, 0.15) is 11.5 Å². The molecule has 106 valence electrons. The molecule has 0 amide bonds. The molecular weight excluding hydrogens is 269 g/mol. The number of aliphatic imine (C=N–C) groups is 1. The summed E-state index contributed by atoms with van der Waals surface area (Å²) < 4.78 is 13.1. The first-order chi connectivity index (χ1) is 10.1. The number of hydrazone groups is 1. The molecule has 5 N–H and O–H groups in total. The third-order valence-corrected chi connectivity index (χ3v) is 3.27. The van der Waals surface area contributed by atoms with Crippen LogP contribution in [0, 0.1) is 5.82 Å². The maximum absolute atomic E-state index is 13.1. The molecule has 1 aliphatic heterocycles. The van der Waals surface area contributed by atoms with Crippen LogP contribution in [-0.4, -0.2) is 11.7 Å². The van der Waals surface area contributed by atoms with Crippen molar-refractivity contribution in [2.24, 2.45) is 21.6 Å². The number of nitrogens with two attached hydrogens (primary N) is 2. The Morgan fingerprint density at radius 3 is 2.33 bits per heavy atom. The van der Waals surface area contributed by atoms with Crippen LogP contribution in [0.3, 0.4) is 0 Å². The molecule has 1 atom stereocenters. The predicted molar refractivity (Wildman–Crippen MR) is 80.0 cm³/mol. The van der Waals surface area contributed by atoms with Crippen molar-refractivity contribution in [3.8, 4) is 0 Å². The summed E-state index contributed by atoms with van der Waals surface area (Å²) in [7, 11) is 0. The van der Waals surface area contributed by atoms with Crippen LogP contribution in [0.4, 0.5) is 4.39 Å². The van der Waals surface area contributed by atoms with Gasteiger partial charge in [-0.25, -0.2) is 14.8 Å². The normalized spacial score (nSPS) is 21.2. The zero-order valence-electron chi connectivity index (χ0n) is 11.1. The highest BCUT2D eigenvalue weighted by molar-refractivity contribution is 6.10. The first-order valence-electron chi connectivity index (χ1n) is 6.39. The maximum Gasteiger partial charge on any atom is 0.212 e. The standard InChI is InChI=1S/C15H14FN5/c16-12-8-6-11(7-9-12)15(18)13(20-21-14(17)19-15)10-4-2-1-3-5-10/h1-9H,18H2,(H3,17,19,21). The Morgan fingerprint density at radius 2 is 1.67 bits per heavy atom. The van der Waals surface area contributed by atoms with Crippen LogP contribution < -0.4 is 16.9 Å². The maximum atomic E-state index is 13.1. The fourth-order valence-corrected chi connectivity index (χ4v) is 2.25. The van der Waals surface area contributed by atoms with Gasteiger partial charge in [0.2, 0.25) is 5.96 Å². The van der Waals surface area contributed by atoms with Crippen molar-refractivity contribution in [1.29, 1.82) is 0 Å². The zero-order valence-corrected chi connectivity index (χ0v) is 11.1. The van der Waals surface area contributed by atoms with E-state index in [0.717, 1.165) is 5.56 Å². The van der Waals surface area contributed by atoms with Gasteiger partial charge in [-0.2, -0.15) is 5.10 Å². The van der Waals surface area contributed by atoms with E-state index in [1.807, 2.05) is 30.3 Å². The molecule has 1 aliphatic rings. The molecular formula is C15H14FN5. The number of hydrogen-bond acceptors (Lipinski definition) is 5. The molecule has 3 rings (SSSR count). The second-order valence-corrected chi connectivity index (χ2v) is 4.71. The Bertz CT molecular complexity index is 709. The summed E-state index contributed by atoms with van der Waals surface area (Å²) in [6.45, 7) is 0. The summed E-state index contributed by atoms with van der Waals surface area (Å²) in [4.78, 5) is 4.28. The molecule has 2 aromatic rings. The van der Waals surface area contributed by atoms with Crippen molar-refractivity contribution < 1.29 is 4.39 Å². The molecule has 0 saturated heterocycles. The second kappa shape index (κ2) is 4.99. The summed E-state index contributed by atoms with van der Waals surface area (Å²) in [5.41, 5.74) is 15.4. The van der Waals surface area contributed by atoms with Crippen molar-refractivity contribution in [3.05, 3.63) is 71.5 Å². The molecule has 0 saturated carbocycles. The van der Waals surface area contributed by atoms with E-state index < -0.39 is 5.66 Å². The Hall–Kier alpha value is -2.73. The molecule has 2 aromatic carbocycles. The Morgan fingerprint density at radius 1 is 1.00 bits per heavy atom. The second-order valence-electron chi connectivity index (χ2n) is 4.71. The minimum absolute atomic E-state index is 0.113. The average Bonchev–Trinajstić information content (AvgIpc) is 2.48. The Kier molecular flexibility index (Phi) is 3.15. The Labute approximate surface area is 121 Å². The van der Waals surface area contributed by atoms with Crippen LogP contribution in [0.5, 0.6) is 0 Å². The highest BCUT2D eigenvalue weighted by Crippen LogP contribution is 2.27.